The highest BCUT2D eigenvalue weighted by Gasteiger charge is 2.07. The molecule has 0 aliphatic carbocycles. The second-order valence-electron chi connectivity index (χ2n) is 4.08. The van der Waals surface area contributed by atoms with Crippen molar-refractivity contribution in [3.8, 4) is 0 Å². The van der Waals surface area contributed by atoms with Gasteiger partial charge in [0.25, 0.3) is 0 Å². The van der Waals surface area contributed by atoms with Crippen LogP contribution in [0.5, 0.6) is 0 Å². The van der Waals surface area contributed by atoms with Gasteiger partial charge in [0.1, 0.15) is 0 Å². The highest BCUT2D eigenvalue weighted by Crippen LogP contribution is 2.18. The second-order valence-corrected chi connectivity index (χ2v) is 4.08. The minimum Gasteiger partial charge on any atom is -0.294 e. The van der Waals surface area contributed by atoms with Gasteiger partial charge >= 0.3 is 0 Å². The Bertz CT molecular complexity index is 359. The molecule has 0 bridgehead atoms. The van der Waals surface area contributed by atoms with Crippen molar-refractivity contribution in [2.24, 2.45) is 5.84 Å². The van der Waals surface area contributed by atoms with Crippen molar-refractivity contribution in [3.63, 3.8) is 0 Å². The number of nitrogens with one attached hydrogen (secondary N) is 1. The number of nitrogens with two attached hydrogens (primary N) is 1. The monoisotopic (exact) mass is 206 g/mol. The second kappa shape index (κ2) is 4.94. The summed E-state index contributed by atoms with van der Waals surface area (Å²) in [4.78, 5) is 11.2. The maximum atomic E-state index is 11.2. The fourth-order valence-electron chi connectivity index (χ4n) is 1.46. The number of hydrogen-bond acceptors (Lipinski definition) is 2. The summed E-state index contributed by atoms with van der Waals surface area (Å²) in [6.45, 7) is 6.28. The minimum absolute atomic E-state index is 0.154. The van der Waals surface area contributed by atoms with Gasteiger partial charge < -0.3 is 0 Å². The zero-order valence-electron chi connectivity index (χ0n) is 9.50. The van der Waals surface area contributed by atoms with Crippen LogP contribution in [0.15, 0.2) is 18.2 Å². The fraction of sp³-hybridized carbons (Fsp3) is 0.417. The number of carbonyl (C=O) groups is 1. The molecular formula is C12H18N2O. The Labute approximate surface area is 90.6 Å². The first-order chi connectivity index (χ1) is 7.04. The van der Waals surface area contributed by atoms with Gasteiger partial charge in [0, 0.05) is 0 Å². The molecule has 3 heteroatoms. The van der Waals surface area contributed by atoms with E-state index < -0.39 is 0 Å². The van der Waals surface area contributed by atoms with Crippen LogP contribution < -0.4 is 11.3 Å². The summed E-state index contributed by atoms with van der Waals surface area (Å²) in [5.41, 5.74) is 5.57. The van der Waals surface area contributed by atoms with Crippen molar-refractivity contribution in [3.05, 3.63) is 34.9 Å². The number of carbonyl (C=O) groups excluding carboxylic acids is 1. The normalized spacial score (nSPS) is 10.5. The maximum Gasteiger partial charge on any atom is 0.238 e. The summed E-state index contributed by atoms with van der Waals surface area (Å²) in [6.07, 6.45) is 0.350. The van der Waals surface area contributed by atoms with Gasteiger partial charge in [-0.05, 0) is 29.5 Å². The standard InChI is InChI=1S/C12H18N2O/c1-8(2)10-5-4-9(3)11(6-10)7-12(15)14-13/h4-6,8H,7,13H2,1-3H3,(H,14,15). The lowest BCUT2D eigenvalue weighted by molar-refractivity contribution is -0.120. The molecule has 1 amide bonds. The van der Waals surface area contributed by atoms with Crippen molar-refractivity contribution in [1.82, 2.24) is 5.43 Å². The molecule has 0 aliphatic heterocycles. The van der Waals surface area contributed by atoms with Crippen LogP contribution in [-0.4, -0.2) is 5.91 Å². The van der Waals surface area contributed by atoms with Crippen molar-refractivity contribution in [2.45, 2.75) is 33.1 Å². The molecule has 0 radical (unpaired) electrons. The summed E-state index contributed by atoms with van der Waals surface area (Å²) < 4.78 is 0. The van der Waals surface area contributed by atoms with Crippen LogP contribution in [0.1, 0.15) is 36.5 Å². The molecule has 15 heavy (non-hydrogen) atoms. The van der Waals surface area contributed by atoms with E-state index in [-0.39, 0.29) is 5.91 Å². The zero-order valence-corrected chi connectivity index (χ0v) is 9.50. The third kappa shape index (κ3) is 3.06. The van der Waals surface area contributed by atoms with Gasteiger partial charge in [-0.3, -0.25) is 10.2 Å². The summed E-state index contributed by atoms with van der Waals surface area (Å²) >= 11 is 0. The largest absolute Gasteiger partial charge is 0.294 e. The minimum atomic E-state index is -0.154. The highest BCUT2D eigenvalue weighted by atomic mass is 16.2. The number of aryl methyl sites for hydroxylation is 1. The number of hydrazine groups is 1. The van der Waals surface area contributed by atoms with Crippen LogP contribution in [0.2, 0.25) is 0 Å². The number of rotatable bonds is 3. The van der Waals surface area contributed by atoms with Crippen molar-refractivity contribution < 1.29 is 4.79 Å². The summed E-state index contributed by atoms with van der Waals surface area (Å²) in [6, 6.07) is 6.23. The molecule has 1 aromatic rings. The Hall–Kier alpha value is -1.35. The van der Waals surface area contributed by atoms with E-state index in [1.165, 1.54) is 5.56 Å². The van der Waals surface area contributed by atoms with Crippen LogP contribution >= 0.6 is 0 Å². The summed E-state index contributed by atoms with van der Waals surface area (Å²) in [7, 11) is 0. The average molecular weight is 206 g/mol. The predicted octanol–water partition coefficient (Wildman–Crippen LogP) is 1.65. The van der Waals surface area contributed by atoms with Crippen molar-refractivity contribution in [1.29, 1.82) is 0 Å². The number of hydrogen-bond donors (Lipinski definition) is 2. The van der Waals surface area contributed by atoms with E-state index in [2.05, 4.69) is 37.5 Å². The van der Waals surface area contributed by atoms with Crippen LogP contribution in [0.4, 0.5) is 0 Å². The lowest BCUT2D eigenvalue weighted by Gasteiger charge is -2.10. The van der Waals surface area contributed by atoms with E-state index in [4.69, 9.17) is 5.84 Å². The molecule has 1 aromatic carbocycles. The third-order valence-corrected chi connectivity index (χ3v) is 2.55. The van der Waals surface area contributed by atoms with Crippen LogP contribution in [-0.2, 0) is 11.2 Å². The maximum absolute atomic E-state index is 11.2. The van der Waals surface area contributed by atoms with E-state index in [9.17, 15) is 4.79 Å². The van der Waals surface area contributed by atoms with Gasteiger partial charge in [-0.15, -0.1) is 0 Å². The molecule has 0 saturated carbocycles. The van der Waals surface area contributed by atoms with E-state index in [1.807, 2.05) is 6.92 Å². The average Bonchev–Trinajstić information content (AvgIpc) is 2.20. The molecule has 0 heterocycles. The van der Waals surface area contributed by atoms with E-state index in [0.717, 1.165) is 11.1 Å². The topological polar surface area (TPSA) is 55.1 Å². The van der Waals surface area contributed by atoms with Crippen LogP contribution in [0, 0.1) is 6.92 Å². The Morgan fingerprint density at radius 2 is 2.13 bits per heavy atom. The molecular weight excluding hydrogens is 188 g/mol. The third-order valence-electron chi connectivity index (χ3n) is 2.55. The van der Waals surface area contributed by atoms with Crippen molar-refractivity contribution >= 4 is 5.91 Å². The van der Waals surface area contributed by atoms with Gasteiger partial charge in [0.05, 0.1) is 6.42 Å². The highest BCUT2D eigenvalue weighted by molar-refractivity contribution is 5.78. The Morgan fingerprint density at radius 3 is 2.67 bits per heavy atom. The summed E-state index contributed by atoms with van der Waals surface area (Å²) in [5, 5.41) is 0. The molecule has 3 N–H and O–H groups in total. The fourth-order valence-corrected chi connectivity index (χ4v) is 1.46. The first-order valence-corrected chi connectivity index (χ1v) is 5.13. The predicted molar refractivity (Wildman–Crippen MR) is 61.3 cm³/mol. The Kier molecular flexibility index (Phi) is 3.86. The Balaban J connectivity index is 2.95. The molecule has 3 nitrogen and oxygen atoms in total. The molecule has 0 aliphatic rings. The molecule has 0 aromatic heterocycles. The Morgan fingerprint density at radius 1 is 1.47 bits per heavy atom. The molecule has 0 fully saturated rings. The zero-order chi connectivity index (χ0) is 11.4. The molecule has 0 spiro atoms. The number of benzene rings is 1. The quantitative estimate of drug-likeness (QED) is 0.449. The molecule has 0 unspecified atom stereocenters. The van der Waals surface area contributed by atoms with Gasteiger partial charge in [0.2, 0.25) is 5.91 Å². The van der Waals surface area contributed by atoms with Gasteiger partial charge in [0.15, 0.2) is 0 Å². The lowest BCUT2D eigenvalue weighted by atomic mass is 9.96. The lowest BCUT2D eigenvalue weighted by Crippen LogP contribution is -2.31. The van der Waals surface area contributed by atoms with Gasteiger partial charge in [-0.25, -0.2) is 5.84 Å². The van der Waals surface area contributed by atoms with Crippen molar-refractivity contribution in [2.75, 3.05) is 0 Å². The molecule has 82 valence electrons. The van der Waals surface area contributed by atoms with Crippen LogP contribution in [0.25, 0.3) is 0 Å². The molecule has 0 saturated heterocycles. The van der Waals surface area contributed by atoms with Gasteiger partial charge in [-0.1, -0.05) is 32.0 Å². The first-order valence-electron chi connectivity index (χ1n) is 5.13. The summed E-state index contributed by atoms with van der Waals surface area (Å²) in [5.74, 6) is 5.39. The first kappa shape index (κ1) is 11.7. The number of amides is 1. The van der Waals surface area contributed by atoms with E-state index >= 15 is 0 Å². The van der Waals surface area contributed by atoms with Gasteiger partial charge in [-0.2, -0.15) is 0 Å². The molecule has 0 atom stereocenters. The van der Waals surface area contributed by atoms with E-state index in [1.54, 1.807) is 0 Å². The van der Waals surface area contributed by atoms with E-state index in [0.29, 0.717) is 12.3 Å². The molecule has 1 rings (SSSR count). The van der Waals surface area contributed by atoms with Crippen LogP contribution in [0.3, 0.4) is 0 Å². The SMILES string of the molecule is Cc1ccc(C(C)C)cc1CC(=O)NN. The smallest absolute Gasteiger partial charge is 0.238 e.